The third-order valence-corrected chi connectivity index (χ3v) is 1.28. The fourth-order valence-electron chi connectivity index (χ4n) is 0.198. The zero-order valence-electron chi connectivity index (χ0n) is 4.63. The summed E-state index contributed by atoms with van der Waals surface area (Å²) in [7, 11) is 0. The second kappa shape index (κ2) is 3.88. The molecule has 0 saturated heterocycles. The monoisotopic (exact) mass is 135 g/mol. The summed E-state index contributed by atoms with van der Waals surface area (Å²) in [5, 5.41) is 0. The van der Waals surface area contributed by atoms with E-state index in [-0.39, 0.29) is 11.5 Å². The highest BCUT2D eigenvalue weighted by molar-refractivity contribution is 7.93. The lowest BCUT2D eigenvalue weighted by atomic mass is 10.3. The summed E-state index contributed by atoms with van der Waals surface area (Å²) >= 11 is 0.592. The van der Waals surface area contributed by atoms with Crippen molar-refractivity contribution >= 4 is 17.8 Å². The van der Waals surface area contributed by atoms with E-state index in [1.54, 1.807) is 0 Å². The van der Waals surface area contributed by atoms with Gasteiger partial charge in [0, 0.05) is 5.75 Å². The number of Topliss-reactive ketones (excluding diaryl/α,β-unsaturated/α-hetero) is 1. The van der Waals surface area contributed by atoms with E-state index in [0.29, 0.717) is 12.0 Å². The number of rotatable bonds is 3. The maximum absolute atomic E-state index is 10.3. The minimum Gasteiger partial charge on any atom is -0.330 e. The molecule has 0 bridgehead atoms. The Balaban J connectivity index is 3.32. The van der Waals surface area contributed by atoms with E-state index in [1.807, 2.05) is 0 Å². The van der Waals surface area contributed by atoms with Crippen LogP contribution in [0.3, 0.4) is 0 Å². The van der Waals surface area contributed by atoms with Gasteiger partial charge < -0.3 is 10.3 Å². The number of hydrogen-bond donors (Lipinski definition) is 2. The Bertz CT molecular complexity index is 86.1. The summed E-state index contributed by atoms with van der Waals surface area (Å²) in [6, 6.07) is -0.509. The van der Waals surface area contributed by atoms with Crippen molar-refractivity contribution in [1.29, 1.82) is 0 Å². The van der Waals surface area contributed by atoms with Gasteiger partial charge in [0.05, 0.1) is 6.04 Å². The summed E-state index contributed by atoms with van der Waals surface area (Å²) in [4.78, 5) is 10.3. The third-order valence-electron chi connectivity index (χ3n) is 0.776. The van der Waals surface area contributed by atoms with E-state index < -0.39 is 6.04 Å². The Morgan fingerprint density at radius 3 is 2.62 bits per heavy atom. The van der Waals surface area contributed by atoms with Gasteiger partial charge in [-0.15, -0.1) is 0 Å². The number of nitrogens with two attached hydrogens (primary N) is 1. The molecule has 0 saturated carbocycles. The molecule has 0 aromatic heterocycles. The van der Waals surface area contributed by atoms with Gasteiger partial charge in [0.1, 0.15) is 5.78 Å². The van der Waals surface area contributed by atoms with Crippen molar-refractivity contribution in [1.82, 2.24) is 0 Å². The van der Waals surface area contributed by atoms with Gasteiger partial charge in [0.2, 0.25) is 0 Å². The van der Waals surface area contributed by atoms with Crippen LogP contribution in [0.5, 0.6) is 0 Å². The van der Waals surface area contributed by atoms with Crippen LogP contribution >= 0.6 is 12.0 Å². The predicted molar refractivity (Wildman–Crippen MR) is 33.7 cm³/mol. The van der Waals surface area contributed by atoms with E-state index in [1.165, 1.54) is 6.92 Å². The minimum atomic E-state index is -0.509. The molecule has 1 atom stereocenters. The smallest absolute Gasteiger partial charge is 0.147 e. The molecule has 0 aliphatic rings. The lowest BCUT2D eigenvalue weighted by molar-refractivity contribution is -0.117. The van der Waals surface area contributed by atoms with Gasteiger partial charge in [-0.2, -0.15) is 0 Å². The number of carbonyl (C=O) groups excluding carboxylic acids is 1. The average molecular weight is 135 g/mol. The Labute approximate surface area is 52.5 Å². The SMILES string of the molecule is CC(=O)[C@@H](N)CSO. The van der Waals surface area contributed by atoms with Crippen molar-refractivity contribution in [3.63, 3.8) is 0 Å². The zero-order valence-corrected chi connectivity index (χ0v) is 5.44. The molecule has 4 heteroatoms. The quantitative estimate of drug-likeness (QED) is 0.539. The maximum atomic E-state index is 10.3. The topological polar surface area (TPSA) is 63.3 Å². The van der Waals surface area contributed by atoms with Crippen LogP contribution in [0.4, 0.5) is 0 Å². The van der Waals surface area contributed by atoms with E-state index in [9.17, 15) is 4.79 Å². The van der Waals surface area contributed by atoms with Crippen LogP contribution in [-0.4, -0.2) is 22.1 Å². The van der Waals surface area contributed by atoms with Gasteiger partial charge in [0.15, 0.2) is 0 Å². The highest BCUT2D eigenvalue weighted by Gasteiger charge is 2.05. The van der Waals surface area contributed by atoms with E-state index in [0.717, 1.165) is 0 Å². The van der Waals surface area contributed by atoms with Crippen LogP contribution in [0.15, 0.2) is 0 Å². The lowest BCUT2D eigenvalue weighted by Crippen LogP contribution is -2.30. The van der Waals surface area contributed by atoms with Crippen LogP contribution in [0, 0.1) is 0 Å². The molecule has 0 fully saturated rings. The molecular formula is C4H9NO2S. The molecule has 0 unspecified atom stereocenters. The van der Waals surface area contributed by atoms with Crippen molar-refractivity contribution in [3.8, 4) is 0 Å². The summed E-state index contributed by atoms with van der Waals surface area (Å²) in [5.41, 5.74) is 5.20. The lowest BCUT2D eigenvalue weighted by Gasteiger charge is -2.00. The van der Waals surface area contributed by atoms with Crippen LogP contribution < -0.4 is 5.73 Å². The third kappa shape index (κ3) is 3.01. The van der Waals surface area contributed by atoms with Crippen LogP contribution in [-0.2, 0) is 4.79 Å². The van der Waals surface area contributed by atoms with E-state index >= 15 is 0 Å². The standard InChI is InChI=1S/C4H9NO2S/c1-3(6)4(5)2-8-7/h4,7H,2,5H2,1H3/t4-/m0/s1. The molecule has 3 nitrogen and oxygen atoms in total. The van der Waals surface area contributed by atoms with Crippen molar-refractivity contribution < 1.29 is 9.35 Å². The fraction of sp³-hybridized carbons (Fsp3) is 0.750. The van der Waals surface area contributed by atoms with Crippen molar-refractivity contribution in [3.05, 3.63) is 0 Å². The number of carbonyl (C=O) groups is 1. The molecule has 8 heavy (non-hydrogen) atoms. The van der Waals surface area contributed by atoms with Crippen LogP contribution in [0.2, 0.25) is 0 Å². The maximum Gasteiger partial charge on any atom is 0.147 e. The van der Waals surface area contributed by atoms with Crippen molar-refractivity contribution in [2.24, 2.45) is 5.73 Å². The van der Waals surface area contributed by atoms with Gasteiger partial charge in [-0.1, -0.05) is 0 Å². The van der Waals surface area contributed by atoms with Gasteiger partial charge in [-0.3, -0.25) is 4.79 Å². The highest BCUT2D eigenvalue weighted by Crippen LogP contribution is 1.93. The molecular weight excluding hydrogens is 126 g/mol. The predicted octanol–water partition coefficient (Wildman–Crippen LogP) is 0.109. The highest BCUT2D eigenvalue weighted by atomic mass is 32.2. The fourth-order valence-corrected chi connectivity index (χ4v) is 0.593. The summed E-state index contributed by atoms with van der Waals surface area (Å²) in [6.07, 6.45) is 0. The first-order chi connectivity index (χ1) is 3.68. The molecule has 3 N–H and O–H groups in total. The zero-order chi connectivity index (χ0) is 6.57. The Morgan fingerprint density at radius 2 is 2.50 bits per heavy atom. The molecule has 48 valence electrons. The van der Waals surface area contributed by atoms with E-state index in [4.69, 9.17) is 10.3 Å². The molecule has 0 aliphatic heterocycles. The first-order valence-corrected chi connectivity index (χ1v) is 3.15. The van der Waals surface area contributed by atoms with Crippen LogP contribution in [0.25, 0.3) is 0 Å². The molecule has 0 radical (unpaired) electrons. The molecule has 0 aliphatic carbocycles. The second-order valence-corrected chi connectivity index (χ2v) is 2.10. The summed E-state index contributed by atoms with van der Waals surface area (Å²) in [5.74, 6) is 0.196. The Kier molecular flexibility index (Phi) is 3.85. The molecule has 0 spiro atoms. The molecule has 0 amide bonds. The largest absolute Gasteiger partial charge is 0.330 e. The molecule has 0 rings (SSSR count). The second-order valence-electron chi connectivity index (χ2n) is 1.51. The molecule has 0 heterocycles. The molecule has 0 aromatic carbocycles. The van der Waals surface area contributed by atoms with E-state index in [2.05, 4.69) is 0 Å². The van der Waals surface area contributed by atoms with Gasteiger partial charge in [0.25, 0.3) is 0 Å². The normalized spacial score (nSPS) is 13.4. The van der Waals surface area contributed by atoms with Crippen molar-refractivity contribution in [2.45, 2.75) is 13.0 Å². The van der Waals surface area contributed by atoms with Crippen molar-refractivity contribution in [2.75, 3.05) is 5.75 Å². The summed E-state index contributed by atoms with van der Waals surface area (Å²) in [6.45, 7) is 1.40. The molecule has 0 aromatic rings. The van der Waals surface area contributed by atoms with Crippen LogP contribution in [0.1, 0.15) is 6.92 Å². The van der Waals surface area contributed by atoms with Gasteiger partial charge in [-0.25, -0.2) is 0 Å². The summed E-state index contributed by atoms with van der Waals surface area (Å²) < 4.78 is 8.17. The van der Waals surface area contributed by atoms with Gasteiger partial charge >= 0.3 is 0 Å². The first-order valence-electron chi connectivity index (χ1n) is 2.21. The van der Waals surface area contributed by atoms with Gasteiger partial charge in [-0.05, 0) is 19.0 Å². The minimum absolute atomic E-state index is 0.0912. The number of hydrogen-bond acceptors (Lipinski definition) is 4. The Morgan fingerprint density at radius 1 is 2.00 bits per heavy atom. The first kappa shape index (κ1) is 7.94. The average Bonchev–Trinajstić information content (AvgIpc) is 1.67. The number of ketones is 1. The Hall–Kier alpha value is -0.0600.